The zero-order chi connectivity index (χ0) is 18.2. The summed E-state index contributed by atoms with van der Waals surface area (Å²) in [5.74, 6) is -0.249. The van der Waals surface area contributed by atoms with Gasteiger partial charge in [0.1, 0.15) is 11.5 Å². The third kappa shape index (κ3) is 2.80. The molecule has 2 aliphatic heterocycles. The molecule has 5 heteroatoms. The maximum absolute atomic E-state index is 13.4. The van der Waals surface area contributed by atoms with E-state index in [0.29, 0.717) is 0 Å². The Kier molecular flexibility index (Phi) is 3.94. The Morgan fingerprint density at radius 3 is 2.67 bits per heavy atom. The maximum atomic E-state index is 13.4. The summed E-state index contributed by atoms with van der Waals surface area (Å²) in [5.41, 5.74) is 6.08. The average molecular weight is 358 g/mol. The molecule has 1 aromatic carbocycles. The standard InChI is InChI=1S/C22H19FN4/c23-17-6-4-16(5-7-17)21-20(15-8-11-24-12-9-15)22(26-25-21)18-10-14-27-13-2-1-3-19(18)27/h1,3-12,19H,2,13-14H2,(H,25,26). The molecule has 2 aromatic heterocycles. The van der Waals surface area contributed by atoms with Crippen LogP contribution in [0.1, 0.15) is 12.1 Å². The molecule has 1 N–H and O–H groups in total. The van der Waals surface area contributed by atoms with E-state index in [9.17, 15) is 4.39 Å². The first kappa shape index (κ1) is 16.1. The van der Waals surface area contributed by atoms with Crippen molar-refractivity contribution in [3.63, 3.8) is 0 Å². The molecule has 134 valence electrons. The van der Waals surface area contributed by atoms with Crippen molar-refractivity contribution in [1.82, 2.24) is 20.1 Å². The lowest BCUT2D eigenvalue weighted by Crippen LogP contribution is -2.33. The van der Waals surface area contributed by atoms with E-state index in [1.54, 1.807) is 24.5 Å². The van der Waals surface area contributed by atoms with E-state index in [4.69, 9.17) is 0 Å². The van der Waals surface area contributed by atoms with Crippen LogP contribution in [0.5, 0.6) is 0 Å². The van der Waals surface area contributed by atoms with Crippen LogP contribution < -0.4 is 0 Å². The minimum absolute atomic E-state index is 0.249. The van der Waals surface area contributed by atoms with Gasteiger partial charge in [-0.25, -0.2) is 4.39 Å². The molecule has 0 saturated heterocycles. The highest BCUT2D eigenvalue weighted by atomic mass is 19.1. The van der Waals surface area contributed by atoms with E-state index < -0.39 is 0 Å². The number of aromatic nitrogens is 3. The largest absolute Gasteiger partial charge is 0.289 e. The highest BCUT2D eigenvalue weighted by Crippen LogP contribution is 2.40. The summed E-state index contributed by atoms with van der Waals surface area (Å²) >= 11 is 0. The molecule has 2 aliphatic rings. The van der Waals surface area contributed by atoms with Gasteiger partial charge in [-0.3, -0.25) is 15.0 Å². The fraction of sp³-hybridized carbons (Fsp3) is 0.182. The molecule has 1 unspecified atom stereocenters. The monoisotopic (exact) mass is 358 g/mol. The maximum Gasteiger partial charge on any atom is 0.123 e. The number of pyridine rings is 1. The van der Waals surface area contributed by atoms with Crippen LogP contribution in [0.15, 0.2) is 67.0 Å². The van der Waals surface area contributed by atoms with Crippen molar-refractivity contribution in [3.8, 4) is 22.4 Å². The topological polar surface area (TPSA) is 44.8 Å². The third-order valence-electron chi connectivity index (χ3n) is 5.30. The molecule has 0 fully saturated rings. The quantitative estimate of drug-likeness (QED) is 0.710. The van der Waals surface area contributed by atoms with Gasteiger partial charge >= 0.3 is 0 Å². The predicted octanol–water partition coefficient (Wildman–Crippen LogP) is 4.31. The highest BCUT2D eigenvalue weighted by molar-refractivity contribution is 5.91. The number of aromatic amines is 1. The molecular weight excluding hydrogens is 339 g/mol. The summed E-state index contributed by atoms with van der Waals surface area (Å²) in [4.78, 5) is 6.61. The molecule has 0 bridgehead atoms. The average Bonchev–Trinajstić information content (AvgIpc) is 3.33. The molecule has 3 aromatic rings. The van der Waals surface area contributed by atoms with Crippen molar-refractivity contribution in [2.24, 2.45) is 0 Å². The number of nitrogens with zero attached hydrogens (tertiary/aromatic N) is 3. The van der Waals surface area contributed by atoms with Crippen molar-refractivity contribution >= 4 is 5.57 Å². The van der Waals surface area contributed by atoms with E-state index in [-0.39, 0.29) is 11.9 Å². The van der Waals surface area contributed by atoms with Gasteiger partial charge in [0.25, 0.3) is 0 Å². The lowest BCUT2D eigenvalue weighted by atomic mass is 9.93. The lowest BCUT2D eigenvalue weighted by Gasteiger charge is -2.27. The van der Waals surface area contributed by atoms with Crippen molar-refractivity contribution in [2.45, 2.75) is 12.5 Å². The summed E-state index contributed by atoms with van der Waals surface area (Å²) in [5, 5.41) is 7.89. The first-order valence-electron chi connectivity index (χ1n) is 9.17. The van der Waals surface area contributed by atoms with Crippen molar-refractivity contribution in [3.05, 3.63) is 78.5 Å². The summed E-state index contributed by atoms with van der Waals surface area (Å²) < 4.78 is 13.4. The minimum atomic E-state index is -0.249. The molecule has 4 heterocycles. The zero-order valence-corrected chi connectivity index (χ0v) is 14.8. The number of halogens is 1. The highest BCUT2D eigenvalue weighted by Gasteiger charge is 2.31. The minimum Gasteiger partial charge on any atom is -0.289 e. The van der Waals surface area contributed by atoms with Crippen molar-refractivity contribution < 1.29 is 4.39 Å². The SMILES string of the molecule is Fc1ccc(-c2n[nH]c(C3=CCN4CCC=CC34)c2-c2ccncc2)cc1. The van der Waals surface area contributed by atoms with Gasteiger partial charge in [-0.15, -0.1) is 0 Å². The van der Waals surface area contributed by atoms with E-state index >= 15 is 0 Å². The Balaban J connectivity index is 1.67. The zero-order valence-electron chi connectivity index (χ0n) is 14.8. The van der Waals surface area contributed by atoms with Crippen LogP contribution in [0.25, 0.3) is 28.0 Å². The van der Waals surface area contributed by atoms with Crippen LogP contribution in [-0.4, -0.2) is 39.2 Å². The van der Waals surface area contributed by atoms with Crippen LogP contribution in [0.2, 0.25) is 0 Å². The molecular formula is C22H19FN4. The smallest absolute Gasteiger partial charge is 0.123 e. The number of fused-ring (bicyclic) bond motifs is 1. The van der Waals surface area contributed by atoms with E-state index in [2.05, 4.69) is 38.3 Å². The summed E-state index contributed by atoms with van der Waals surface area (Å²) in [6.07, 6.45) is 11.5. The second-order valence-corrected chi connectivity index (χ2v) is 6.88. The number of benzene rings is 1. The molecule has 0 spiro atoms. The molecule has 4 nitrogen and oxygen atoms in total. The van der Waals surface area contributed by atoms with E-state index in [1.807, 2.05) is 12.1 Å². The fourth-order valence-corrected chi connectivity index (χ4v) is 3.98. The Bertz CT molecular complexity index is 1020. The van der Waals surface area contributed by atoms with Gasteiger partial charge in [0.2, 0.25) is 0 Å². The van der Waals surface area contributed by atoms with Gasteiger partial charge < -0.3 is 0 Å². The van der Waals surface area contributed by atoms with Crippen LogP contribution >= 0.6 is 0 Å². The Labute approximate surface area is 157 Å². The van der Waals surface area contributed by atoms with Gasteiger partial charge in [-0.2, -0.15) is 5.10 Å². The molecule has 0 radical (unpaired) electrons. The Morgan fingerprint density at radius 2 is 1.85 bits per heavy atom. The number of hydrogen-bond acceptors (Lipinski definition) is 3. The molecule has 5 rings (SSSR count). The van der Waals surface area contributed by atoms with Crippen LogP contribution in [0, 0.1) is 5.82 Å². The number of H-pyrrole nitrogens is 1. The first-order valence-corrected chi connectivity index (χ1v) is 9.17. The van der Waals surface area contributed by atoms with Gasteiger partial charge in [0.05, 0.1) is 11.7 Å². The van der Waals surface area contributed by atoms with Crippen LogP contribution in [0.4, 0.5) is 4.39 Å². The van der Waals surface area contributed by atoms with Crippen molar-refractivity contribution in [2.75, 3.05) is 13.1 Å². The summed E-state index contributed by atoms with van der Waals surface area (Å²) in [6.45, 7) is 2.02. The summed E-state index contributed by atoms with van der Waals surface area (Å²) in [6, 6.07) is 10.8. The number of hydrogen-bond donors (Lipinski definition) is 1. The molecule has 0 aliphatic carbocycles. The second-order valence-electron chi connectivity index (χ2n) is 6.88. The molecule has 0 saturated carbocycles. The molecule has 1 atom stereocenters. The predicted molar refractivity (Wildman–Crippen MR) is 104 cm³/mol. The Morgan fingerprint density at radius 1 is 1.04 bits per heavy atom. The Hall–Kier alpha value is -3.05. The molecule has 0 amide bonds. The lowest BCUT2D eigenvalue weighted by molar-refractivity contribution is 0.304. The molecule has 27 heavy (non-hydrogen) atoms. The van der Waals surface area contributed by atoms with Crippen LogP contribution in [-0.2, 0) is 0 Å². The van der Waals surface area contributed by atoms with Gasteiger partial charge in [-0.1, -0.05) is 18.2 Å². The van der Waals surface area contributed by atoms with Crippen molar-refractivity contribution in [1.29, 1.82) is 0 Å². The van der Waals surface area contributed by atoms with Gasteiger partial charge in [-0.05, 0) is 54.0 Å². The van der Waals surface area contributed by atoms with E-state index in [0.717, 1.165) is 47.6 Å². The fourth-order valence-electron chi connectivity index (χ4n) is 3.98. The third-order valence-corrected chi connectivity index (χ3v) is 5.30. The number of nitrogens with one attached hydrogen (secondary N) is 1. The normalized spacial score (nSPS) is 19.1. The van der Waals surface area contributed by atoms with Crippen LogP contribution in [0.3, 0.4) is 0 Å². The van der Waals surface area contributed by atoms with Gasteiger partial charge in [0.15, 0.2) is 0 Å². The van der Waals surface area contributed by atoms with Gasteiger partial charge in [0, 0.05) is 36.6 Å². The van der Waals surface area contributed by atoms with E-state index in [1.165, 1.54) is 17.7 Å². The number of rotatable bonds is 3. The summed E-state index contributed by atoms with van der Waals surface area (Å²) in [7, 11) is 0. The second kappa shape index (κ2) is 6.59. The first-order chi connectivity index (χ1) is 13.3.